The molecule has 1 aliphatic heterocycles. The van der Waals surface area contributed by atoms with E-state index in [1.165, 1.54) is 11.3 Å². The van der Waals surface area contributed by atoms with Crippen LogP contribution in [0.1, 0.15) is 25.3 Å². The van der Waals surface area contributed by atoms with Crippen molar-refractivity contribution in [2.75, 3.05) is 24.3 Å². The van der Waals surface area contributed by atoms with Gasteiger partial charge in [-0.15, -0.1) is 0 Å². The van der Waals surface area contributed by atoms with Crippen LogP contribution in [0.2, 0.25) is 0 Å². The fourth-order valence-corrected chi connectivity index (χ4v) is 2.64. The van der Waals surface area contributed by atoms with Gasteiger partial charge in [-0.1, -0.05) is 6.07 Å². The monoisotopic (exact) mass is 234 g/mol. The Morgan fingerprint density at radius 2 is 2.18 bits per heavy atom. The molecule has 1 aliphatic rings. The molecule has 17 heavy (non-hydrogen) atoms. The van der Waals surface area contributed by atoms with E-state index in [2.05, 4.69) is 30.9 Å². The fourth-order valence-electron chi connectivity index (χ4n) is 2.64. The Kier molecular flexibility index (Phi) is 3.57. The quantitative estimate of drug-likeness (QED) is 0.799. The summed E-state index contributed by atoms with van der Waals surface area (Å²) in [7, 11) is 1.80. The van der Waals surface area contributed by atoms with Crippen molar-refractivity contribution in [3.8, 4) is 0 Å². The van der Waals surface area contributed by atoms with E-state index < -0.39 is 0 Å². The number of hydrogen-bond donors (Lipinski definition) is 1. The number of nitrogens with zero attached hydrogens (tertiary/aromatic N) is 1. The minimum atomic E-state index is 0.405. The topological polar surface area (TPSA) is 38.5 Å². The Labute approximate surface area is 104 Å². The number of aryl methyl sites for hydroxylation is 1. The number of piperidine rings is 1. The Morgan fingerprint density at radius 3 is 2.82 bits per heavy atom. The van der Waals surface area contributed by atoms with Gasteiger partial charge in [-0.3, -0.25) is 0 Å². The van der Waals surface area contributed by atoms with Gasteiger partial charge in [-0.25, -0.2) is 0 Å². The van der Waals surface area contributed by atoms with Gasteiger partial charge in [-0.2, -0.15) is 0 Å². The molecule has 2 unspecified atom stereocenters. The van der Waals surface area contributed by atoms with E-state index in [0.717, 1.165) is 25.1 Å². The average molecular weight is 234 g/mol. The summed E-state index contributed by atoms with van der Waals surface area (Å²) in [6, 6.07) is 6.65. The van der Waals surface area contributed by atoms with Crippen LogP contribution in [0.3, 0.4) is 0 Å². The number of anilines is 2. The maximum atomic E-state index is 5.88. The van der Waals surface area contributed by atoms with Crippen molar-refractivity contribution in [2.24, 2.45) is 0 Å². The molecule has 3 heteroatoms. The smallest absolute Gasteiger partial charge is 0.0607 e. The molecule has 2 N–H and O–H groups in total. The number of methoxy groups -OCH3 is 1. The summed E-state index contributed by atoms with van der Waals surface area (Å²) in [5.41, 5.74) is 9.29. The number of nitrogen functional groups attached to an aromatic ring is 1. The standard InChI is InChI=1S/C14H22N2O/c1-10-4-5-12(15)9-14(10)16-7-6-13(17-3)8-11(16)2/h4-5,9,11,13H,6-8,15H2,1-3H3. The third-order valence-electron chi connectivity index (χ3n) is 3.70. The summed E-state index contributed by atoms with van der Waals surface area (Å²) in [6.07, 6.45) is 2.59. The van der Waals surface area contributed by atoms with Crippen LogP contribution < -0.4 is 10.6 Å². The minimum absolute atomic E-state index is 0.405. The van der Waals surface area contributed by atoms with Crippen LogP contribution in [0.4, 0.5) is 11.4 Å². The molecule has 1 saturated heterocycles. The lowest BCUT2D eigenvalue weighted by molar-refractivity contribution is 0.0721. The highest BCUT2D eigenvalue weighted by molar-refractivity contribution is 5.61. The number of nitrogens with two attached hydrogens (primary N) is 1. The first kappa shape index (κ1) is 12.2. The first-order valence-electron chi connectivity index (χ1n) is 6.27. The van der Waals surface area contributed by atoms with Gasteiger partial charge in [-0.05, 0) is 44.4 Å². The van der Waals surface area contributed by atoms with Crippen LogP contribution in [-0.2, 0) is 4.74 Å². The van der Waals surface area contributed by atoms with E-state index in [9.17, 15) is 0 Å². The first-order valence-corrected chi connectivity index (χ1v) is 6.27. The molecule has 0 radical (unpaired) electrons. The summed E-state index contributed by atoms with van der Waals surface area (Å²) in [5, 5.41) is 0. The van der Waals surface area contributed by atoms with E-state index in [4.69, 9.17) is 10.5 Å². The number of ether oxygens (including phenoxy) is 1. The predicted molar refractivity (Wildman–Crippen MR) is 72.4 cm³/mol. The van der Waals surface area contributed by atoms with Gasteiger partial charge in [0.2, 0.25) is 0 Å². The van der Waals surface area contributed by atoms with Gasteiger partial charge >= 0.3 is 0 Å². The number of rotatable bonds is 2. The second kappa shape index (κ2) is 4.96. The van der Waals surface area contributed by atoms with Crippen molar-refractivity contribution >= 4 is 11.4 Å². The van der Waals surface area contributed by atoms with E-state index in [-0.39, 0.29) is 0 Å². The maximum absolute atomic E-state index is 5.88. The molecule has 0 amide bonds. The third-order valence-corrected chi connectivity index (χ3v) is 3.70. The molecule has 0 aromatic heterocycles. The molecule has 3 nitrogen and oxygen atoms in total. The third kappa shape index (κ3) is 2.55. The molecule has 0 spiro atoms. The highest BCUT2D eigenvalue weighted by Crippen LogP contribution is 2.29. The molecule has 1 aromatic carbocycles. The van der Waals surface area contributed by atoms with Crippen molar-refractivity contribution in [1.29, 1.82) is 0 Å². The predicted octanol–water partition coefficient (Wildman–Crippen LogP) is 2.58. The molecule has 94 valence electrons. The summed E-state index contributed by atoms with van der Waals surface area (Å²) in [5.74, 6) is 0. The molecular formula is C14H22N2O. The van der Waals surface area contributed by atoms with Gasteiger partial charge in [0.15, 0.2) is 0 Å². The van der Waals surface area contributed by atoms with Crippen molar-refractivity contribution in [3.05, 3.63) is 23.8 Å². The van der Waals surface area contributed by atoms with E-state index in [1.807, 2.05) is 6.07 Å². The molecule has 0 saturated carbocycles. The second-order valence-electron chi connectivity index (χ2n) is 4.97. The molecule has 1 heterocycles. The lowest BCUT2D eigenvalue weighted by Crippen LogP contribution is -2.43. The summed E-state index contributed by atoms with van der Waals surface area (Å²) >= 11 is 0. The highest BCUT2D eigenvalue weighted by atomic mass is 16.5. The normalized spacial score (nSPS) is 25.0. The zero-order valence-corrected chi connectivity index (χ0v) is 10.9. The minimum Gasteiger partial charge on any atom is -0.399 e. The zero-order valence-electron chi connectivity index (χ0n) is 10.9. The lowest BCUT2D eigenvalue weighted by Gasteiger charge is -2.39. The number of hydrogen-bond acceptors (Lipinski definition) is 3. The maximum Gasteiger partial charge on any atom is 0.0607 e. The Bertz CT molecular complexity index is 392. The van der Waals surface area contributed by atoms with Crippen LogP contribution >= 0.6 is 0 Å². The van der Waals surface area contributed by atoms with E-state index in [1.54, 1.807) is 7.11 Å². The van der Waals surface area contributed by atoms with Gasteiger partial charge in [0.1, 0.15) is 0 Å². The van der Waals surface area contributed by atoms with Crippen LogP contribution in [0.15, 0.2) is 18.2 Å². The SMILES string of the molecule is COC1CCN(c2cc(N)ccc2C)C(C)C1. The first-order chi connectivity index (χ1) is 8.11. The van der Waals surface area contributed by atoms with Crippen molar-refractivity contribution < 1.29 is 4.74 Å². The van der Waals surface area contributed by atoms with E-state index in [0.29, 0.717) is 12.1 Å². The zero-order chi connectivity index (χ0) is 12.4. The Balaban J connectivity index is 2.20. The van der Waals surface area contributed by atoms with Crippen molar-refractivity contribution in [3.63, 3.8) is 0 Å². The molecule has 1 aromatic rings. The van der Waals surface area contributed by atoms with Gasteiger partial charge in [0.25, 0.3) is 0 Å². The fraction of sp³-hybridized carbons (Fsp3) is 0.571. The van der Waals surface area contributed by atoms with Gasteiger partial charge in [0, 0.05) is 31.1 Å². The van der Waals surface area contributed by atoms with Gasteiger partial charge < -0.3 is 15.4 Å². The molecular weight excluding hydrogens is 212 g/mol. The molecule has 2 atom stereocenters. The van der Waals surface area contributed by atoms with Crippen molar-refractivity contribution in [1.82, 2.24) is 0 Å². The van der Waals surface area contributed by atoms with Crippen molar-refractivity contribution in [2.45, 2.75) is 38.8 Å². The van der Waals surface area contributed by atoms with Gasteiger partial charge in [0.05, 0.1) is 6.10 Å². The Hall–Kier alpha value is -1.22. The Morgan fingerprint density at radius 1 is 1.41 bits per heavy atom. The number of benzene rings is 1. The molecule has 1 fully saturated rings. The molecule has 0 bridgehead atoms. The molecule has 2 rings (SSSR count). The summed E-state index contributed by atoms with van der Waals surface area (Å²) in [6.45, 7) is 5.45. The van der Waals surface area contributed by atoms with E-state index >= 15 is 0 Å². The highest BCUT2D eigenvalue weighted by Gasteiger charge is 2.26. The average Bonchev–Trinajstić information content (AvgIpc) is 2.32. The van der Waals surface area contributed by atoms with Crippen LogP contribution in [-0.4, -0.2) is 25.8 Å². The summed E-state index contributed by atoms with van der Waals surface area (Å²) in [4.78, 5) is 2.45. The van der Waals surface area contributed by atoms with Crippen LogP contribution in [0.5, 0.6) is 0 Å². The van der Waals surface area contributed by atoms with Crippen LogP contribution in [0.25, 0.3) is 0 Å². The largest absolute Gasteiger partial charge is 0.399 e. The lowest BCUT2D eigenvalue weighted by atomic mass is 9.98. The summed E-state index contributed by atoms with van der Waals surface area (Å²) < 4.78 is 5.45. The second-order valence-corrected chi connectivity index (χ2v) is 4.97. The van der Waals surface area contributed by atoms with Crippen LogP contribution in [0, 0.1) is 6.92 Å². The molecule has 0 aliphatic carbocycles.